The molecule has 2 aromatic rings. The Hall–Kier alpha value is -2.47. The first kappa shape index (κ1) is 15.4. The summed E-state index contributed by atoms with van der Waals surface area (Å²) in [6.45, 7) is 1.52. The van der Waals surface area contributed by atoms with Crippen LogP contribution in [-0.2, 0) is 0 Å². The summed E-state index contributed by atoms with van der Waals surface area (Å²) in [4.78, 5) is 32.8. The quantitative estimate of drug-likeness (QED) is 0.889. The lowest BCUT2D eigenvalue weighted by molar-refractivity contribution is 0.0942. The van der Waals surface area contributed by atoms with Crippen LogP contribution in [0, 0.1) is 5.92 Å². The third kappa shape index (κ3) is 3.32. The Labute approximate surface area is 134 Å². The second kappa shape index (κ2) is 6.75. The van der Waals surface area contributed by atoms with Crippen LogP contribution in [0.15, 0.2) is 47.7 Å². The molecule has 1 fully saturated rings. The van der Waals surface area contributed by atoms with Crippen molar-refractivity contribution in [1.82, 2.24) is 20.2 Å². The fourth-order valence-corrected chi connectivity index (χ4v) is 3.24. The van der Waals surface area contributed by atoms with Crippen LogP contribution in [0.25, 0.3) is 0 Å². The zero-order valence-electron chi connectivity index (χ0n) is 13.0. The first-order valence-corrected chi connectivity index (χ1v) is 7.73. The maximum absolute atomic E-state index is 12.2. The summed E-state index contributed by atoms with van der Waals surface area (Å²) in [6, 6.07) is 7.42. The van der Waals surface area contributed by atoms with E-state index in [1.54, 1.807) is 12.3 Å². The van der Waals surface area contributed by atoms with E-state index in [1.807, 2.05) is 12.3 Å². The number of nitrogens with zero attached hydrogens (tertiary/aromatic N) is 2. The summed E-state index contributed by atoms with van der Waals surface area (Å²) in [5, 5.41) is 2.90. The number of pyridine rings is 2. The minimum Gasteiger partial charge on any atom is -0.352 e. The van der Waals surface area contributed by atoms with Gasteiger partial charge in [0.25, 0.3) is 11.5 Å². The number of likely N-dealkylation sites (tertiary alicyclic amines) is 1. The van der Waals surface area contributed by atoms with Crippen LogP contribution in [0.4, 0.5) is 0 Å². The van der Waals surface area contributed by atoms with Gasteiger partial charge >= 0.3 is 0 Å². The first-order chi connectivity index (χ1) is 11.2. The molecule has 6 nitrogen and oxygen atoms in total. The van der Waals surface area contributed by atoms with Crippen molar-refractivity contribution in [3.63, 3.8) is 0 Å². The van der Waals surface area contributed by atoms with Crippen molar-refractivity contribution in [3.05, 3.63) is 64.3 Å². The molecular weight excluding hydrogens is 292 g/mol. The standard InChI is InChI=1S/C17H20N4O2/c1-21-9-6-13(15(21)12-4-2-7-18-10-12)11-20-17(23)14-5-3-8-19-16(14)22/h2-5,7-8,10,13,15H,6,9,11H2,1H3,(H,19,22)(H,20,23)/t13-,15-/m0/s1. The highest BCUT2D eigenvalue weighted by Crippen LogP contribution is 2.35. The molecule has 0 spiro atoms. The molecule has 2 aromatic heterocycles. The van der Waals surface area contributed by atoms with Gasteiger partial charge in [-0.15, -0.1) is 0 Å². The van der Waals surface area contributed by atoms with Gasteiger partial charge in [-0.25, -0.2) is 0 Å². The monoisotopic (exact) mass is 312 g/mol. The average molecular weight is 312 g/mol. The Kier molecular flexibility index (Phi) is 4.52. The van der Waals surface area contributed by atoms with Gasteiger partial charge in [0, 0.05) is 31.2 Å². The van der Waals surface area contributed by atoms with Crippen molar-refractivity contribution in [2.24, 2.45) is 5.92 Å². The number of hydrogen-bond donors (Lipinski definition) is 2. The lowest BCUT2D eigenvalue weighted by Gasteiger charge is -2.25. The predicted molar refractivity (Wildman–Crippen MR) is 87.1 cm³/mol. The zero-order valence-corrected chi connectivity index (χ0v) is 13.0. The van der Waals surface area contributed by atoms with Crippen LogP contribution in [-0.4, -0.2) is 40.9 Å². The largest absolute Gasteiger partial charge is 0.352 e. The molecule has 120 valence electrons. The molecule has 3 heterocycles. The molecule has 0 radical (unpaired) electrons. The van der Waals surface area contributed by atoms with Crippen LogP contribution < -0.4 is 10.9 Å². The van der Waals surface area contributed by atoms with Crippen molar-refractivity contribution < 1.29 is 4.79 Å². The lowest BCUT2D eigenvalue weighted by atomic mass is 9.94. The molecule has 0 saturated carbocycles. The zero-order chi connectivity index (χ0) is 16.2. The second-order valence-corrected chi connectivity index (χ2v) is 5.88. The smallest absolute Gasteiger partial charge is 0.260 e. The van der Waals surface area contributed by atoms with Gasteiger partial charge in [0.05, 0.1) is 0 Å². The molecule has 0 aromatic carbocycles. The number of carbonyl (C=O) groups is 1. The van der Waals surface area contributed by atoms with Crippen LogP contribution in [0.1, 0.15) is 28.4 Å². The Morgan fingerprint density at radius 1 is 1.43 bits per heavy atom. The average Bonchev–Trinajstić information content (AvgIpc) is 2.94. The van der Waals surface area contributed by atoms with Crippen molar-refractivity contribution >= 4 is 5.91 Å². The van der Waals surface area contributed by atoms with E-state index in [0.29, 0.717) is 12.5 Å². The minimum atomic E-state index is -0.364. The maximum atomic E-state index is 12.2. The topological polar surface area (TPSA) is 78.1 Å². The Morgan fingerprint density at radius 2 is 2.30 bits per heavy atom. The molecule has 1 saturated heterocycles. The van der Waals surface area contributed by atoms with Gasteiger partial charge in [0.1, 0.15) is 5.56 Å². The van der Waals surface area contributed by atoms with E-state index in [9.17, 15) is 9.59 Å². The third-order valence-corrected chi connectivity index (χ3v) is 4.39. The van der Waals surface area contributed by atoms with E-state index in [2.05, 4.69) is 33.3 Å². The number of aromatic nitrogens is 2. The Balaban J connectivity index is 1.69. The molecule has 2 N–H and O–H groups in total. The summed E-state index contributed by atoms with van der Waals surface area (Å²) in [7, 11) is 2.08. The number of hydrogen-bond acceptors (Lipinski definition) is 4. The molecule has 0 unspecified atom stereocenters. The van der Waals surface area contributed by atoms with E-state index < -0.39 is 0 Å². The highest BCUT2D eigenvalue weighted by atomic mass is 16.2. The molecule has 3 rings (SSSR count). The second-order valence-electron chi connectivity index (χ2n) is 5.88. The van der Waals surface area contributed by atoms with Gasteiger partial charge in [-0.3, -0.25) is 19.5 Å². The number of carbonyl (C=O) groups excluding carboxylic acids is 1. The normalized spacial score (nSPS) is 21.3. The Bertz CT molecular complexity index is 729. The minimum absolute atomic E-state index is 0.150. The summed E-state index contributed by atoms with van der Waals surface area (Å²) >= 11 is 0. The van der Waals surface area contributed by atoms with E-state index in [1.165, 1.54) is 12.3 Å². The third-order valence-electron chi connectivity index (χ3n) is 4.39. The Morgan fingerprint density at radius 3 is 3.04 bits per heavy atom. The van der Waals surface area contributed by atoms with Crippen LogP contribution in [0.2, 0.25) is 0 Å². The summed E-state index contributed by atoms with van der Waals surface area (Å²) < 4.78 is 0. The molecule has 1 amide bonds. The molecule has 1 aliphatic rings. The number of rotatable bonds is 4. The van der Waals surface area contributed by atoms with Gasteiger partial charge in [0.15, 0.2) is 0 Å². The molecule has 1 aliphatic heterocycles. The van der Waals surface area contributed by atoms with Crippen molar-refractivity contribution in [3.8, 4) is 0 Å². The fourth-order valence-electron chi connectivity index (χ4n) is 3.24. The van der Waals surface area contributed by atoms with Crippen LogP contribution in [0.3, 0.4) is 0 Å². The van der Waals surface area contributed by atoms with Crippen LogP contribution >= 0.6 is 0 Å². The number of aromatic amines is 1. The number of amides is 1. The van der Waals surface area contributed by atoms with E-state index in [0.717, 1.165) is 18.5 Å². The van der Waals surface area contributed by atoms with Gasteiger partial charge < -0.3 is 10.3 Å². The van der Waals surface area contributed by atoms with Crippen molar-refractivity contribution in [2.75, 3.05) is 20.1 Å². The van der Waals surface area contributed by atoms with Gasteiger partial charge in [-0.05, 0) is 49.7 Å². The summed E-state index contributed by atoms with van der Waals surface area (Å²) in [6.07, 6.45) is 6.16. The highest BCUT2D eigenvalue weighted by Gasteiger charge is 2.33. The van der Waals surface area contributed by atoms with E-state index >= 15 is 0 Å². The molecule has 2 atom stereocenters. The van der Waals surface area contributed by atoms with Crippen molar-refractivity contribution in [2.45, 2.75) is 12.5 Å². The van der Waals surface area contributed by atoms with Gasteiger partial charge in [-0.1, -0.05) is 6.07 Å². The van der Waals surface area contributed by atoms with E-state index in [4.69, 9.17) is 0 Å². The number of H-pyrrole nitrogens is 1. The summed E-state index contributed by atoms with van der Waals surface area (Å²) in [5.41, 5.74) is 0.943. The SMILES string of the molecule is CN1CC[C@@H](CNC(=O)c2ccc[nH]c2=O)[C@@H]1c1cccnc1. The van der Waals surface area contributed by atoms with Gasteiger partial charge in [0.2, 0.25) is 0 Å². The van der Waals surface area contributed by atoms with Crippen LogP contribution in [0.5, 0.6) is 0 Å². The molecule has 6 heteroatoms. The maximum Gasteiger partial charge on any atom is 0.260 e. The lowest BCUT2D eigenvalue weighted by Crippen LogP contribution is -2.35. The highest BCUT2D eigenvalue weighted by molar-refractivity contribution is 5.93. The first-order valence-electron chi connectivity index (χ1n) is 7.73. The molecule has 23 heavy (non-hydrogen) atoms. The predicted octanol–water partition coefficient (Wildman–Crippen LogP) is 1.19. The fraction of sp³-hybridized carbons (Fsp3) is 0.353. The van der Waals surface area contributed by atoms with Gasteiger partial charge in [-0.2, -0.15) is 0 Å². The van der Waals surface area contributed by atoms with Crippen molar-refractivity contribution in [1.29, 1.82) is 0 Å². The molecular formula is C17H20N4O2. The summed E-state index contributed by atoms with van der Waals surface area (Å²) in [5.74, 6) is -0.0257. The molecule has 0 bridgehead atoms. The number of nitrogens with one attached hydrogen (secondary N) is 2. The molecule has 0 aliphatic carbocycles. The van der Waals surface area contributed by atoms with E-state index in [-0.39, 0.29) is 23.1 Å².